The number of fused-ring (bicyclic) bond motifs is 1. The van der Waals surface area contributed by atoms with Gasteiger partial charge in [-0.1, -0.05) is 0 Å². The first-order valence-electron chi connectivity index (χ1n) is 9.36. The number of hydrogen-bond donors (Lipinski definition) is 2. The molecule has 2 heterocycles. The first-order chi connectivity index (χ1) is 11.3. The van der Waals surface area contributed by atoms with E-state index in [1.54, 1.807) is 0 Å². The Kier molecular flexibility index (Phi) is 5.04. The summed E-state index contributed by atoms with van der Waals surface area (Å²) in [6.45, 7) is 7.07. The van der Waals surface area contributed by atoms with Gasteiger partial charge in [0.05, 0.1) is 0 Å². The van der Waals surface area contributed by atoms with E-state index in [0.717, 1.165) is 19.4 Å². The molecular weight excluding hydrogens is 306 g/mol. The van der Waals surface area contributed by atoms with Crippen LogP contribution in [-0.4, -0.2) is 53.7 Å². The third-order valence-electron chi connectivity index (χ3n) is 5.21. The molecule has 1 aliphatic carbocycles. The molecule has 3 atom stereocenters. The first kappa shape index (κ1) is 17.5. The van der Waals surface area contributed by atoms with Crippen LogP contribution < -0.4 is 10.6 Å². The normalized spacial score (nSPS) is 28.5. The number of alkyl carbamates (subject to hydrolysis) is 1. The molecule has 3 unspecified atom stereocenters. The lowest BCUT2D eigenvalue weighted by Gasteiger charge is -2.34. The van der Waals surface area contributed by atoms with Crippen molar-refractivity contribution in [2.75, 3.05) is 13.1 Å². The summed E-state index contributed by atoms with van der Waals surface area (Å²) >= 11 is 0. The monoisotopic (exact) mass is 337 g/mol. The molecule has 2 aliphatic heterocycles. The lowest BCUT2D eigenvalue weighted by molar-refractivity contribution is -0.129. The van der Waals surface area contributed by atoms with Gasteiger partial charge < -0.3 is 20.3 Å². The zero-order chi connectivity index (χ0) is 17.3. The number of ether oxygens (including phenoxy) is 1. The molecule has 3 fully saturated rings. The molecule has 3 aliphatic rings. The molecule has 6 nitrogen and oxygen atoms in total. The molecule has 3 rings (SSSR count). The second-order valence-electron chi connectivity index (χ2n) is 8.45. The Morgan fingerprint density at radius 1 is 1.29 bits per heavy atom. The smallest absolute Gasteiger partial charge is 0.407 e. The van der Waals surface area contributed by atoms with Crippen molar-refractivity contribution in [3.8, 4) is 0 Å². The Morgan fingerprint density at radius 3 is 2.71 bits per heavy atom. The van der Waals surface area contributed by atoms with Gasteiger partial charge in [0.15, 0.2) is 0 Å². The maximum atomic E-state index is 12.2. The van der Waals surface area contributed by atoms with E-state index in [2.05, 4.69) is 15.5 Å². The first-order valence-corrected chi connectivity index (χ1v) is 9.36. The number of hydrogen-bond acceptors (Lipinski definition) is 4. The van der Waals surface area contributed by atoms with Gasteiger partial charge in [0.2, 0.25) is 5.91 Å². The van der Waals surface area contributed by atoms with Crippen LogP contribution in [-0.2, 0) is 9.53 Å². The Balaban J connectivity index is 1.53. The van der Waals surface area contributed by atoms with Crippen LogP contribution in [0.3, 0.4) is 0 Å². The van der Waals surface area contributed by atoms with Gasteiger partial charge in [0, 0.05) is 37.6 Å². The SMILES string of the molecule is CC(C)(C)OC(=O)NCC(NC1CC(=O)N2CCCCC12)C1CC1. The highest BCUT2D eigenvalue weighted by molar-refractivity contribution is 5.80. The van der Waals surface area contributed by atoms with E-state index in [4.69, 9.17) is 4.74 Å². The van der Waals surface area contributed by atoms with Gasteiger partial charge in [0.25, 0.3) is 0 Å². The van der Waals surface area contributed by atoms with Crippen molar-refractivity contribution >= 4 is 12.0 Å². The van der Waals surface area contributed by atoms with Crippen LogP contribution in [0.25, 0.3) is 0 Å². The van der Waals surface area contributed by atoms with Gasteiger partial charge in [-0.15, -0.1) is 0 Å². The van der Waals surface area contributed by atoms with Crippen molar-refractivity contribution in [3.63, 3.8) is 0 Å². The predicted molar refractivity (Wildman–Crippen MR) is 91.6 cm³/mol. The fourth-order valence-electron chi connectivity index (χ4n) is 3.94. The Morgan fingerprint density at radius 2 is 2.04 bits per heavy atom. The highest BCUT2D eigenvalue weighted by Crippen LogP contribution is 2.35. The molecular formula is C18H31N3O3. The van der Waals surface area contributed by atoms with E-state index in [1.807, 2.05) is 20.8 Å². The minimum absolute atomic E-state index is 0.226. The van der Waals surface area contributed by atoms with Crippen molar-refractivity contribution in [2.24, 2.45) is 5.92 Å². The van der Waals surface area contributed by atoms with E-state index in [0.29, 0.717) is 24.9 Å². The van der Waals surface area contributed by atoms with Crippen LogP contribution in [0.1, 0.15) is 59.3 Å². The van der Waals surface area contributed by atoms with Gasteiger partial charge in [-0.05, 0) is 58.8 Å². The van der Waals surface area contributed by atoms with Gasteiger partial charge in [-0.2, -0.15) is 0 Å². The fraction of sp³-hybridized carbons (Fsp3) is 0.889. The minimum Gasteiger partial charge on any atom is -0.444 e. The van der Waals surface area contributed by atoms with Crippen molar-refractivity contribution in [2.45, 2.75) is 83.0 Å². The Bertz CT molecular complexity index is 484. The third kappa shape index (κ3) is 4.41. The van der Waals surface area contributed by atoms with E-state index in [9.17, 15) is 9.59 Å². The number of nitrogens with one attached hydrogen (secondary N) is 2. The van der Waals surface area contributed by atoms with Crippen molar-refractivity contribution < 1.29 is 14.3 Å². The van der Waals surface area contributed by atoms with E-state index < -0.39 is 5.60 Å². The van der Waals surface area contributed by atoms with Crippen LogP contribution in [0.15, 0.2) is 0 Å². The number of carbonyl (C=O) groups is 2. The van der Waals surface area contributed by atoms with E-state index >= 15 is 0 Å². The van der Waals surface area contributed by atoms with Gasteiger partial charge >= 0.3 is 6.09 Å². The summed E-state index contributed by atoms with van der Waals surface area (Å²) in [6.07, 6.45) is 6.06. The molecule has 2 saturated heterocycles. The van der Waals surface area contributed by atoms with Crippen LogP contribution in [0.5, 0.6) is 0 Å². The summed E-state index contributed by atoms with van der Waals surface area (Å²) in [5.41, 5.74) is -0.479. The minimum atomic E-state index is -0.479. The van der Waals surface area contributed by atoms with Crippen molar-refractivity contribution in [1.29, 1.82) is 0 Å². The molecule has 0 bridgehead atoms. The highest BCUT2D eigenvalue weighted by Gasteiger charge is 2.43. The number of piperidine rings is 1. The molecule has 0 radical (unpaired) electrons. The molecule has 2 N–H and O–H groups in total. The Labute approximate surface area is 144 Å². The summed E-state index contributed by atoms with van der Waals surface area (Å²) in [4.78, 5) is 26.2. The van der Waals surface area contributed by atoms with Crippen molar-refractivity contribution in [3.05, 3.63) is 0 Å². The Hall–Kier alpha value is -1.30. The molecule has 0 aromatic carbocycles. The van der Waals surface area contributed by atoms with Crippen LogP contribution in [0.2, 0.25) is 0 Å². The summed E-state index contributed by atoms with van der Waals surface area (Å²) < 4.78 is 5.32. The molecule has 24 heavy (non-hydrogen) atoms. The zero-order valence-corrected chi connectivity index (χ0v) is 15.1. The summed E-state index contributed by atoms with van der Waals surface area (Å²) in [6, 6.07) is 0.801. The highest BCUT2D eigenvalue weighted by atomic mass is 16.6. The lowest BCUT2D eigenvalue weighted by atomic mass is 9.98. The van der Waals surface area contributed by atoms with Crippen LogP contribution in [0, 0.1) is 5.92 Å². The number of nitrogens with zero attached hydrogens (tertiary/aromatic N) is 1. The number of rotatable bonds is 5. The van der Waals surface area contributed by atoms with Crippen LogP contribution in [0.4, 0.5) is 4.79 Å². The van der Waals surface area contributed by atoms with Crippen LogP contribution >= 0.6 is 0 Å². The summed E-state index contributed by atoms with van der Waals surface area (Å²) in [5.74, 6) is 0.888. The molecule has 0 aromatic rings. The second kappa shape index (κ2) is 6.90. The van der Waals surface area contributed by atoms with Gasteiger partial charge in [-0.25, -0.2) is 4.79 Å². The molecule has 1 saturated carbocycles. The summed E-state index contributed by atoms with van der Waals surface area (Å²) in [5, 5.41) is 6.59. The van der Waals surface area contributed by atoms with E-state index in [-0.39, 0.29) is 24.1 Å². The maximum Gasteiger partial charge on any atom is 0.407 e. The number of carbonyl (C=O) groups excluding carboxylic acids is 2. The molecule has 136 valence electrons. The zero-order valence-electron chi connectivity index (χ0n) is 15.1. The average molecular weight is 337 g/mol. The topological polar surface area (TPSA) is 70.7 Å². The molecule has 0 spiro atoms. The molecule has 2 amide bonds. The quantitative estimate of drug-likeness (QED) is 0.805. The lowest BCUT2D eigenvalue weighted by Crippen LogP contribution is -2.52. The standard InChI is InChI=1S/C18H31N3O3/c1-18(2,3)24-17(23)19-11-14(12-7-8-12)20-13-10-16(22)21-9-5-4-6-15(13)21/h12-15,20H,4-11H2,1-3H3,(H,19,23). The van der Waals surface area contributed by atoms with E-state index in [1.165, 1.54) is 19.3 Å². The molecule has 6 heteroatoms. The second-order valence-corrected chi connectivity index (χ2v) is 8.45. The third-order valence-corrected chi connectivity index (χ3v) is 5.21. The fourth-order valence-corrected chi connectivity index (χ4v) is 3.94. The largest absolute Gasteiger partial charge is 0.444 e. The molecule has 0 aromatic heterocycles. The van der Waals surface area contributed by atoms with Gasteiger partial charge in [-0.3, -0.25) is 4.79 Å². The van der Waals surface area contributed by atoms with Crippen molar-refractivity contribution in [1.82, 2.24) is 15.5 Å². The maximum absolute atomic E-state index is 12.2. The summed E-state index contributed by atoms with van der Waals surface area (Å²) in [7, 11) is 0. The van der Waals surface area contributed by atoms with Gasteiger partial charge in [0.1, 0.15) is 5.60 Å². The number of amides is 2. The predicted octanol–water partition coefficient (Wildman–Crippen LogP) is 2.03. The average Bonchev–Trinajstić information content (AvgIpc) is 3.28.